The number of hydrogen-bond donors (Lipinski definition) is 5. The Hall–Kier alpha value is -3.82. The molecule has 3 saturated heterocycles. The van der Waals surface area contributed by atoms with Gasteiger partial charge >= 0.3 is 18.0 Å². The van der Waals surface area contributed by atoms with Crippen LogP contribution in [0.1, 0.15) is 77.6 Å². The van der Waals surface area contributed by atoms with Crippen molar-refractivity contribution in [2.24, 2.45) is 5.92 Å². The fraction of sp³-hybridized carbons (Fsp3) is 0.733. The highest BCUT2D eigenvalue weighted by Gasteiger charge is 2.34. The summed E-state index contributed by atoms with van der Waals surface area (Å²) in [6.07, 6.45) is 1.69. The molecule has 0 bridgehead atoms. The molecule has 0 saturated carbocycles. The molecule has 0 radical (unpaired) electrons. The van der Waals surface area contributed by atoms with E-state index in [1.54, 1.807) is 0 Å². The molecule has 5 N–H and O–H groups in total. The SMILES string of the molecule is CC1NC(=O)NC1CCCCCC(O)NCCNC(=O)C(CS(=O)CCC(=O)ON1C(=O)CCC1=O)CS(=O)CCC(=O)ON1C(=O)CCC1=O. The third-order valence-electron chi connectivity index (χ3n) is 8.19. The maximum atomic E-state index is 13.1. The van der Waals surface area contributed by atoms with Gasteiger partial charge in [-0.1, -0.05) is 12.8 Å². The summed E-state index contributed by atoms with van der Waals surface area (Å²) >= 11 is 0. The minimum Gasteiger partial charge on any atom is -0.379 e. The van der Waals surface area contributed by atoms with Gasteiger partial charge in [0.25, 0.3) is 23.6 Å². The van der Waals surface area contributed by atoms with Crippen LogP contribution in [-0.4, -0.2) is 126 Å². The highest BCUT2D eigenvalue weighted by molar-refractivity contribution is 7.86. The highest BCUT2D eigenvalue weighted by atomic mass is 32.2. The van der Waals surface area contributed by atoms with Gasteiger partial charge in [-0.3, -0.25) is 37.7 Å². The minimum absolute atomic E-state index is 0.0619. The number of unbranched alkanes of at least 4 members (excludes halogenated alkanes) is 2. The largest absolute Gasteiger partial charge is 0.379 e. The number of rotatable bonds is 23. The molecule has 5 unspecified atom stereocenters. The van der Waals surface area contributed by atoms with Crippen LogP contribution in [0.2, 0.25) is 0 Å². The predicted octanol–water partition coefficient (Wildman–Crippen LogP) is -1.86. The van der Waals surface area contributed by atoms with Crippen molar-refractivity contribution >= 4 is 69.1 Å². The standard InChI is InChI=1S/C30H46N6O13S2/c1-19-21(34-30(45)33-19)5-3-2-4-6-22(37)31-13-14-32-29(44)20(17-50(46)15-11-27(42)48-35-23(38)7-8-24(35)39)18-51(47)16-12-28(43)49-36-25(40)9-10-26(36)41/h19-22,31,37H,2-18H2,1H3,(H,32,44)(H2,33,34,45). The number of urea groups is 1. The molecule has 0 spiro atoms. The molecule has 0 aromatic rings. The number of carbonyl (C=O) groups excluding carboxylic acids is 8. The summed E-state index contributed by atoms with van der Waals surface area (Å²) in [7, 11) is -3.63. The Morgan fingerprint density at radius 2 is 1.31 bits per heavy atom. The van der Waals surface area contributed by atoms with Crippen molar-refractivity contribution in [2.45, 2.75) is 95.9 Å². The third kappa shape index (κ3) is 14.4. The van der Waals surface area contributed by atoms with Gasteiger partial charge in [-0.15, -0.1) is 10.1 Å². The van der Waals surface area contributed by atoms with E-state index in [2.05, 4.69) is 21.3 Å². The molecule has 0 aromatic heterocycles. The Labute approximate surface area is 299 Å². The lowest BCUT2D eigenvalue weighted by atomic mass is 10.0. The number of carbonyl (C=O) groups is 8. The number of aliphatic hydroxyl groups is 1. The van der Waals surface area contributed by atoms with Crippen LogP contribution >= 0.6 is 0 Å². The number of nitrogens with zero attached hydrogens (tertiary/aromatic N) is 2. The first-order valence-corrected chi connectivity index (χ1v) is 19.8. The van der Waals surface area contributed by atoms with E-state index in [1.807, 2.05) is 6.92 Å². The monoisotopic (exact) mass is 762 g/mol. The van der Waals surface area contributed by atoms with Crippen LogP contribution in [-0.2, 0) is 64.8 Å². The van der Waals surface area contributed by atoms with Crippen LogP contribution in [0.25, 0.3) is 0 Å². The van der Waals surface area contributed by atoms with Crippen LogP contribution in [0.4, 0.5) is 4.79 Å². The third-order valence-corrected chi connectivity index (χ3v) is 11.1. The molecule has 21 heteroatoms. The molecule has 19 nitrogen and oxygen atoms in total. The van der Waals surface area contributed by atoms with Crippen molar-refractivity contribution < 1.29 is 61.6 Å². The molecule has 3 rings (SSSR count). The van der Waals surface area contributed by atoms with Gasteiger partial charge in [-0.25, -0.2) is 14.4 Å². The summed E-state index contributed by atoms with van der Waals surface area (Å²) in [6, 6.07) is -0.0303. The molecular formula is C30H46N6O13S2. The van der Waals surface area contributed by atoms with E-state index in [9.17, 15) is 51.9 Å². The normalized spacial score (nSPS) is 21.3. The predicted molar refractivity (Wildman–Crippen MR) is 178 cm³/mol. The zero-order valence-corrected chi connectivity index (χ0v) is 30.0. The van der Waals surface area contributed by atoms with Gasteiger partial charge in [-0.2, -0.15) is 0 Å². The lowest BCUT2D eigenvalue weighted by Crippen LogP contribution is -2.42. The maximum absolute atomic E-state index is 13.1. The molecule has 51 heavy (non-hydrogen) atoms. The molecular weight excluding hydrogens is 716 g/mol. The van der Waals surface area contributed by atoms with Gasteiger partial charge in [0.1, 0.15) is 6.23 Å². The topological polar surface area (TPSA) is 264 Å². The summed E-state index contributed by atoms with van der Waals surface area (Å²) in [6.45, 7) is 2.18. The first-order chi connectivity index (χ1) is 24.2. The van der Waals surface area contributed by atoms with Gasteiger partial charge in [0.2, 0.25) is 5.91 Å². The van der Waals surface area contributed by atoms with E-state index in [0.717, 1.165) is 25.7 Å². The Morgan fingerprint density at radius 1 is 0.804 bits per heavy atom. The van der Waals surface area contributed by atoms with Gasteiger partial charge in [0.15, 0.2) is 0 Å². The van der Waals surface area contributed by atoms with Gasteiger partial charge in [-0.05, 0) is 26.2 Å². The lowest BCUT2D eigenvalue weighted by Gasteiger charge is -2.18. The molecule has 286 valence electrons. The average molecular weight is 763 g/mol. The number of hydroxylamine groups is 4. The summed E-state index contributed by atoms with van der Waals surface area (Å²) in [5, 5.41) is 22.2. The number of nitrogens with one attached hydrogen (secondary N) is 4. The second-order valence-corrected chi connectivity index (χ2v) is 15.6. The van der Waals surface area contributed by atoms with Crippen molar-refractivity contribution in [2.75, 3.05) is 36.1 Å². The molecule has 7 amide bonds. The van der Waals surface area contributed by atoms with Crippen LogP contribution in [0.15, 0.2) is 0 Å². The average Bonchev–Trinajstić information content (AvgIpc) is 3.70. The lowest BCUT2D eigenvalue weighted by molar-refractivity contribution is -0.197. The Morgan fingerprint density at radius 3 is 1.78 bits per heavy atom. The molecule has 3 heterocycles. The molecule has 5 atom stereocenters. The first-order valence-electron chi connectivity index (χ1n) is 16.8. The second-order valence-electron chi connectivity index (χ2n) is 12.3. The number of imide groups is 2. The minimum atomic E-state index is -1.82. The fourth-order valence-corrected chi connectivity index (χ4v) is 8.04. The zero-order chi connectivity index (χ0) is 37.5. The van der Waals surface area contributed by atoms with Crippen LogP contribution in [0.5, 0.6) is 0 Å². The van der Waals surface area contributed by atoms with Crippen LogP contribution in [0.3, 0.4) is 0 Å². The first kappa shape index (κ1) is 41.6. The number of hydrogen-bond acceptors (Lipinski definition) is 14. The summed E-state index contributed by atoms with van der Waals surface area (Å²) in [4.78, 5) is 105. The van der Waals surface area contributed by atoms with Gasteiger partial charge < -0.3 is 30.7 Å². The molecule has 3 aliphatic rings. The maximum Gasteiger partial charge on any atom is 0.334 e. The van der Waals surface area contributed by atoms with Gasteiger partial charge in [0.05, 0.1) is 24.8 Å². The van der Waals surface area contributed by atoms with E-state index in [1.165, 1.54) is 0 Å². The fourth-order valence-electron chi connectivity index (χ4n) is 5.33. The molecule has 0 aromatic carbocycles. The molecule has 0 aliphatic carbocycles. The van der Waals surface area contributed by atoms with E-state index in [0.29, 0.717) is 16.5 Å². The van der Waals surface area contributed by atoms with Gasteiger partial charge in [0, 0.05) is 89.4 Å². The number of aliphatic hydroxyl groups excluding tert-OH is 1. The van der Waals surface area contributed by atoms with E-state index in [4.69, 9.17) is 9.68 Å². The van der Waals surface area contributed by atoms with E-state index >= 15 is 0 Å². The smallest absolute Gasteiger partial charge is 0.334 e. The molecule has 3 aliphatic heterocycles. The number of amides is 7. The summed E-state index contributed by atoms with van der Waals surface area (Å²) < 4.78 is 25.7. The Bertz CT molecular complexity index is 1280. The van der Waals surface area contributed by atoms with Crippen molar-refractivity contribution in [3.63, 3.8) is 0 Å². The highest BCUT2D eigenvalue weighted by Crippen LogP contribution is 2.15. The zero-order valence-electron chi connectivity index (χ0n) is 28.4. The summed E-state index contributed by atoms with van der Waals surface area (Å²) in [5.41, 5.74) is 0. The van der Waals surface area contributed by atoms with Crippen LogP contribution in [0, 0.1) is 5.92 Å². The summed E-state index contributed by atoms with van der Waals surface area (Å²) in [5.74, 6) is -7.51. The Kier molecular flexibility index (Phi) is 17.0. The van der Waals surface area contributed by atoms with Crippen molar-refractivity contribution in [3.8, 4) is 0 Å². The van der Waals surface area contributed by atoms with E-state index in [-0.39, 0.29) is 79.9 Å². The van der Waals surface area contributed by atoms with Crippen molar-refractivity contribution in [1.82, 2.24) is 31.4 Å². The van der Waals surface area contributed by atoms with Crippen molar-refractivity contribution in [1.29, 1.82) is 0 Å². The van der Waals surface area contributed by atoms with Crippen LogP contribution < -0.4 is 21.3 Å². The quantitative estimate of drug-likeness (QED) is 0.0435. The van der Waals surface area contributed by atoms with E-state index < -0.39 is 88.1 Å². The van der Waals surface area contributed by atoms with Crippen molar-refractivity contribution in [3.05, 3.63) is 0 Å². The Balaban J connectivity index is 1.42. The second kappa shape index (κ2) is 20.9. The molecule has 3 fully saturated rings.